The third-order valence-corrected chi connectivity index (χ3v) is 11.1. The molecular weight excluding hydrogens is 613 g/mol. The zero-order valence-corrected chi connectivity index (χ0v) is 25.2. The number of anilines is 2. The van der Waals surface area contributed by atoms with Crippen molar-refractivity contribution in [3.63, 3.8) is 0 Å². The largest absolute Gasteiger partial charge is 0.489 e. The molecule has 2 aromatic carbocycles. The molecule has 4 aliphatic rings. The molecule has 4 aromatic rings. The molecule has 8 rings (SSSR count). The van der Waals surface area contributed by atoms with Gasteiger partial charge in [-0.2, -0.15) is 15.2 Å². The number of nitriles is 1. The van der Waals surface area contributed by atoms with E-state index in [4.69, 9.17) is 31.8 Å². The molecule has 0 aliphatic carbocycles. The summed E-state index contributed by atoms with van der Waals surface area (Å²) in [6, 6.07) is 4.61. The third-order valence-electron chi connectivity index (χ3n) is 9.69. The van der Waals surface area contributed by atoms with Gasteiger partial charge in [0.05, 0.1) is 32.3 Å². The van der Waals surface area contributed by atoms with Crippen LogP contribution in [0.15, 0.2) is 12.1 Å². The summed E-state index contributed by atoms with van der Waals surface area (Å²) in [6.45, 7) is 2.37. The number of hydrogen-bond acceptors (Lipinski definition) is 9. The van der Waals surface area contributed by atoms with Crippen molar-refractivity contribution in [2.45, 2.75) is 56.3 Å². The average molecular weight is 641 g/mol. The molecule has 0 spiro atoms. The molecule has 13 heteroatoms. The van der Waals surface area contributed by atoms with Gasteiger partial charge in [-0.1, -0.05) is 17.7 Å². The van der Waals surface area contributed by atoms with Gasteiger partial charge in [-0.05, 0) is 50.3 Å². The molecule has 4 aliphatic heterocycles. The van der Waals surface area contributed by atoms with E-state index in [0.29, 0.717) is 37.3 Å². The Kier molecular flexibility index (Phi) is 6.52. The number of nitrogens with zero attached hydrogens (tertiary/aromatic N) is 5. The van der Waals surface area contributed by atoms with Crippen LogP contribution in [0.3, 0.4) is 0 Å². The Morgan fingerprint density at radius 2 is 2.07 bits per heavy atom. The van der Waals surface area contributed by atoms with Crippen LogP contribution in [0.25, 0.3) is 32.1 Å². The van der Waals surface area contributed by atoms with Crippen LogP contribution in [0.1, 0.15) is 44.1 Å². The summed E-state index contributed by atoms with van der Waals surface area (Å²) in [7, 11) is 0. The average Bonchev–Trinajstić information content (AvgIpc) is 3.62. The van der Waals surface area contributed by atoms with Gasteiger partial charge in [0.1, 0.15) is 47.6 Å². The summed E-state index contributed by atoms with van der Waals surface area (Å²) in [6.07, 6.45) is 4.02. The molecule has 1 unspecified atom stereocenters. The zero-order chi connectivity index (χ0) is 30.3. The van der Waals surface area contributed by atoms with Crippen molar-refractivity contribution in [3.8, 4) is 29.0 Å². The Balaban J connectivity index is 1.34. The molecule has 2 aromatic heterocycles. The minimum absolute atomic E-state index is 0.0119. The number of halogens is 4. The lowest BCUT2D eigenvalue weighted by atomic mass is 9.95. The Labute approximate surface area is 260 Å². The van der Waals surface area contributed by atoms with E-state index >= 15 is 4.39 Å². The van der Waals surface area contributed by atoms with Gasteiger partial charge in [0.25, 0.3) is 0 Å². The fourth-order valence-electron chi connectivity index (χ4n) is 7.67. The lowest BCUT2D eigenvalue weighted by Crippen LogP contribution is -2.44. The van der Waals surface area contributed by atoms with E-state index < -0.39 is 23.3 Å². The van der Waals surface area contributed by atoms with Crippen LogP contribution in [0, 0.1) is 23.0 Å². The monoisotopic (exact) mass is 640 g/mol. The van der Waals surface area contributed by atoms with Crippen molar-refractivity contribution in [2.75, 3.05) is 43.5 Å². The van der Waals surface area contributed by atoms with Crippen LogP contribution >= 0.6 is 22.9 Å². The Morgan fingerprint density at radius 3 is 2.91 bits per heavy atom. The van der Waals surface area contributed by atoms with Crippen LogP contribution in [-0.4, -0.2) is 65.5 Å². The van der Waals surface area contributed by atoms with E-state index in [1.165, 1.54) is 12.1 Å². The second kappa shape index (κ2) is 10.3. The number of nitrogens with two attached hydrogens (primary N) is 1. The first-order valence-electron chi connectivity index (χ1n) is 14.8. The number of rotatable bonds is 4. The van der Waals surface area contributed by atoms with E-state index in [1.807, 2.05) is 6.07 Å². The number of benzene rings is 2. The molecule has 228 valence electrons. The highest BCUT2D eigenvalue weighted by atomic mass is 35.5. The Hall–Kier alpha value is -3.53. The SMILES string of the molecule is N#Cc1c(N)sc2c(F)ccc(-c3c(Cl)c4c5c(nc(OCC67CCCN6C[C@H](F)C7)nc5c3F)N3CCCC[C@H]3CO4)c12. The number of nitrogen functional groups attached to an aromatic ring is 1. The van der Waals surface area contributed by atoms with Gasteiger partial charge < -0.3 is 20.1 Å². The number of aromatic nitrogens is 2. The van der Waals surface area contributed by atoms with E-state index in [-0.39, 0.29) is 66.7 Å². The topological polar surface area (TPSA) is 101 Å². The number of ether oxygens (including phenoxy) is 2. The zero-order valence-electron chi connectivity index (χ0n) is 23.6. The number of hydrogen-bond donors (Lipinski definition) is 1. The standard InChI is InChI=1S/C31H28ClF3N6O2S/c32-23-21(17-5-6-19(34)27-20(17)18(11-36)28(37)44-27)24(35)25-22-26(23)42-13-16-4-1-2-9-41(16)29(22)39-30(38-25)43-14-31-7-3-8-40(31)12-15(33)10-31/h5-6,15-16H,1-4,7-10,12-14,37H2/t15-,16+,31?/m1/s1. The summed E-state index contributed by atoms with van der Waals surface area (Å²) in [5.74, 6) is -0.640. The molecule has 0 bridgehead atoms. The van der Waals surface area contributed by atoms with Gasteiger partial charge in [-0.3, -0.25) is 4.90 Å². The first kappa shape index (κ1) is 28.0. The molecule has 3 saturated heterocycles. The third kappa shape index (κ3) is 4.05. The van der Waals surface area contributed by atoms with Gasteiger partial charge >= 0.3 is 6.01 Å². The van der Waals surface area contributed by atoms with Crippen molar-refractivity contribution in [1.82, 2.24) is 14.9 Å². The molecule has 3 fully saturated rings. The first-order chi connectivity index (χ1) is 21.3. The summed E-state index contributed by atoms with van der Waals surface area (Å²) < 4.78 is 59.0. The maximum atomic E-state index is 17.0. The predicted molar refractivity (Wildman–Crippen MR) is 163 cm³/mol. The quantitative estimate of drug-likeness (QED) is 0.266. The van der Waals surface area contributed by atoms with Crippen molar-refractivity contribution in [2.24, 2.45) is 0 Å². The van der Waals surface area contributed by atoms with Crippen LogP contribution in [0.5, 0.6) is 11.8 Å². The maximum absolute atomic E-state index is 17.0. The number of thiophene rings is 1. The normalized spacial score (nSPS) is 24.7. The van der Waals surface area contributed by atoms with Crippen molar-refractivity contribution >= 4 is 54.7 Å². The summed E-state index contributed by atoms with van der Waals surface area (Å²) in [5, 5.41) is 10.5. The van der Waals surface area contributed by atoms with Gasteiger partial charge in [0.2, 0.25) is 0 Å². The molecule has 0 amide bonds. The molecule has 2 N–H and O–H groups in total. The van der Waals surface area contributed by atoms with Crippen molar-refractivity contribution in [1.29, 1.82) is 5.26 Å². The van der Waals surface area contributed by atoms with Crippen LogP contribution in [0.2, 0.25) is 5.02 Å². The van der Waals surface area contributed by atoms with Crippen LogP contribution in [-0.2, 0) is 0 Å². The van der Waals surface area contributed by atoms with Gasteiger partial charge in [-0.25, -0.2) is 13.2 Å². The fraction of sp³-hybridized carbons (Fsp3) is 0.452. The van der Waals surface area contributed by atoms with Crippen molar-refractivity contribution in [3.05, 3.63) is 34.4 Å². The van der Waals surface area contributed by atoms with E-state index in [9.17, 15) is 14.0 Å². The maximum Gasteiger partial charge on any atom is 0.319 e. The minimum Gasteiger partial charge on any atom is -0.489 e. The summed E-state index contributed by atoms with van der Waals surface area (Å²) in [4.78, 5) is 13.6. The first-order valence-corrected chi connectivity index (χ1v) is 16.0. The molecule has 3 atom stereocenters. The number of piperidine rings is 1. The van der Waals surface area contributed by atoms with Crippen LogP contribution < -0.4 is 20.1 Å². The van der Waals surface area contributed by atoms with E-state index in [0.717, 1.165) is 50.0 Å². The van der Waals surface area contributed by atoms with E-state index in [2.05, 4.69) is 14.8 Å². The fourth-order valence-corrected chi connectivity index (χ4v) is 8.95. The highest BCUT2D eigenvalue weighted by Gasteiger charge is 2.49. The molecule has 0 saturated carbocycles. The van der Waals surface area contributed by atoms with Crippen molar-refractivity contribution < 1.29 is 22.6 Å². The molecular formula is C31H28ClF3N6O2S. The van der Waals surface area contributed by atoms with Gasteiger partial charge in [0, 0.05) is 30.5 Å². The summed E-state index contributed by atoms with van der Waals surface area (Å²) >= 11 is 7.91. The molecule has 0 radical (unpaired) electrons. The second-order valence-electron chi connectivity index (χ2n) is 12.2. The Morgan fingerprint density at radius 1 is 1.20 bits per heavy atom. The lowest BCUT2D eigenvalue weighted by Gasteiger charge is -2.35. The van der Waals surface area contributed by atoms with Gasteiger partial charge in [-0.15, -0.1) is 11.3 Å². The molecule has 8 nitrogen and oxygen atoms in total. The highest BCUT2D eigenvalue weighted by Crippen LogP contribution is 2.51. The molecule has 44 heavy (non-hydrogen) atoms. The number of alkyl halides is 1. The smallest absolute Gasteiger partial charge is 0.319 e. The predicted octanol–water partition coefficient (Wildman–Crippen LogP) is 6.60. The lowest BCUT2D eigenvalue weighted by molar-refractivity contribution is 0.107. The number of fused-ring (bicyclic) bond motifs is 4. The van der Waals surface area contributed by atoms with E-state index in [1.54, 1.807) is 0 Å². The molecule has 6 heterocycles. The second-order valence-corrected chi connectivity index (χ2v) is 13.6. The minimum atomic E-state index is -0.922. The Bertz CT molecular complexity index is 1900. The summed E-state index contributed by atoms with van der Waals surface area (Å²) in [5.41, 5.74) is 5.77. The highest BCUT2D eigenvalue weighted by molar-refractivity contribution is 7.23. The van der Waals surface area contributed by atoms with Crippen LogP contribution in [0.4, 0.5) is 24.0 Å². The van der Waals surface area contributed by atoms with Gasteiger partial charge in [0.15, 0.2) is 11.6 Å².